The number of carbonyl (C=O) groups excluding carboxylic acids is 1. The van der Waals surface area contributed by atoms with E-state index in [1.807, 2.05) is 0 Å². The molecule has 1 rings (SSSR count). The quantitative estimate of drug-likeness (QED) is 0.342. The molecule has 0 amide bonds. The van der Waals surface area contributed by atoms with Crippen LogP contribution in [0, 0.1) is 5.82 Å². The summed E-state index contributed by atoms with van der Waals surface area (Å²) in [5.41, 5.74) is 1.01. The molecule has 1 aromatic rings. The summed E-state index contributed by atoms with van der Waals surface area (Å²) >= 11 is 0. The Morgan fingerprint density at radius 3 is 2.62 bits per heavy atom. The fourth-order valence-electron chi connectivity index (χ4n) is 1.22. The highest BCUT2D eigenvalue weighted by molar-refractivity contribution is 6.01. The van der Waals surface area contributed by atoms with Crippen LogP contribution in [0.2, 0.25) is 0 Å². The molecule has 0 saturated carbocycles. The van der Waals surface area contributed by atoms with Gasteiger partial charge in [-0.1, -0.05) is 5.16 Å². The Hall–Kier alpha value is -1.91. The first-order valence-electron chi connectivity index (χ1n) is 4.60. The summed E-state index contributed by atoms with van der Waals surface area (Å²) in [4.78, 5) is 15.4. The molecule has 0 aliphatic rings. The van der Waals surface area contributed by atoms with Gasteiger partial charge in [0.1, 0.15) is 18.7 Å². The van der Waals surface area contributed by atoms with Crippen molar-refractivity contribution >= 4 is 11.7 Å². The minimum absolute atomic E-state index is 0.130. The number of hydrogen-bond donors (Lipinski definition) is 0. The van der Waals surface area contributed by atoms with Crippen molar-refractivity contribution in [2.75, 3.05) is 7.11 Å². The lowest BCUT2D eigenvalue weighted by molar-refractivity contribution is -0.131. The molecule has 0 bridgehead atoms. The molecule has 0 aliphatic carbocycles. The second-order valence-electron chi connectivity index (χ2n) is 3.09. The van der Waals surface area contributed by atoms with Crippen LogP contribution in [0.3, 0.4) is 0 Å². The maximum Gasteiger partial charge on any atom is 0.308 e. The lowest BCUT2D eigenvalue weighted by atomic mass is 10.1. The third kappa shape index (κ3) is 3.05. The van der Waals surface area contributed by atoms with Crippen LogP contribution < -0.4 is 4.74 Å². The van der Waals surface area contributed by atoms with Crippen LogP contribution in [0.4, 0.5) is 4.39 Å². The van der Waals surface area contributed by atoms with Gasteiger partial charge < -0.3 is 9.57 Å². The molecular formula is C11H12FNO3. The molecule has 86 valence electrons. The first kappa shape index (κ1) is 12.2. The van der Waals surface area contributed by atoms with Gasteiger partial charge in [0.2, 0.25) is 0 Å². The molecule has 16 heavy (non-hydrogen) atoms. The summed E-state index contributed by atoms with van der Waals surface area (Å²) in [5, 5.41) is 3.70. The van der Waals surface area contributed by atoms with E-state index in [0.29, 0.717) is 11.3 Å². The number of hydrogen-bond acceptors (Lipinski definition) is 4. The number of rotatable bonds is 3. The molecule has 0 N–H and O–H groups in total. The van der Waals surface area contributed by atoms with Gasteiger partial charge in [-0.2, -0.15) is 0 Å². The Kier molecular flexibility index (Phi) is 3.99. The van der Waals surface area contributed by atoms with Gasteiger partial charge >= 0.3 is 5.97 Å². The highest BCUT2D eigenvalue weighted by Crippen LogP contribution is 2.21. The molecule has 0 spiro atoms. The van der Waals surface area contributed by atoms with Crippen molar-refractivity contribution in [2.24, 2.45) is 5.16 Å². The number of esters is 1. The molecule has 0 aliphatic heterocycles. The topological polar surface area (TPSA) is 47.9 Å². The summed E-state index contributed by atoms with van der Waals surface area (Å²) in [6.45, 7) is 2.92. The predicted molar refractivity (Wildman–Crippen MR) is 56.9 cm³/mol. The SMILES string of the molecule is CO/N=C(\C)c1ccc(F)cc1OC(C)=O. The largest absolute Gasteiger partial charge is 0.426 e. The summed E-state index contributed by atoms with van der Waals surface area (Å²) < 4.78 is 17.9. The first-order chi connectivity index (χ1) is 7.54. The monoisotopic (exact) mass is 225 g/mol. The van der Waals surface area contributed by atoms with E-state index in [1.165, 1.54) is 26.2 Å². The Labute approximate surface area is 92.7 Å². The van der Waals surface area contributed by atoms with Crippen molar-refractivity contribution in [3.05, 3.63) is 29.6 Å². The highest BCUT2D eigenvalue weighted by atomic mass is 19.1. The Bertz CT molecular complexity index is 429. The third-order valence-corrected chi connectivity index (χ3v) is 1.82. The number of nitrogens with zero attached hydrogens (tertiary/aromatic N) is 1. The Morgan fingerprint density at radius 2 is 2.06 bits per heavy atom. The second kappa shape index (κ2) is 5.25. The van der Waals surface area contributed by atoms with Gasteiger partial charge in [0.25, 0.3) is 0 Å². The van der Waals surface area contributed by atoms with Gasteiger partial charge in [-0.25, -0.2) is 4.39 Å². The molecule has 0 aromatic heterocycles. The maximum atomic E-state index is 13.0. The first-order valence-corrected chi connectivity index (χ1v) is 4.60. The van der Waals surface area contributed by atoms with Crippen LogP contribution in [0.15, 0.2) is 23.4 Å². The minimum atomic E-state index is -0.517. The minimum Gasteiger partial charge on any atom is -0.426 e. The van der Waals surface area contributed by atoms with E-state index in [-0.39, 0.29) is 5.75 Å². The molecule has 5 heteroatoms. The summed E-state index contributed by atoms with van der Waals surface area (Å²) in [7, 11) is 1.40. The van der Waals surface area contributed by atoms with Gasteiger partial charge in [-0.3, -0.25) is 4.79 Å². The van der Waals surface area contributed by atoms with Gasteiger partial charge in [-0.05, 0) is 19.1 Å². The number of oxime groups is 1. The van der Waals surface area contributed by atoms with Gasteiger partial charge in [0.05, 0.1) is 5.71 Å². The van der Waals surface area contributed by atoms with E-state index in [1.54, 1.807) is 6.92 Å². The average molecular weight is 225 g/mol. The van der Waals surface area contributed by atoms with E-state index in [0.717, 1.165) is 6.07 Å². The summed E-state index contributed by atoms with van der Waals surface area (Å²) in [6, 6.07) is 3.87. The zero-order chi connectivity index (χ0) is 12.1. The number of benzene rings is 1. The summed E-state index contributed by atoms with van der Waals surface area (Å²) in [5.74, 6) is -0.868. The zero-order valence-corrected chi connectivity index (χ0v) is 9.28. The molecular weight excluding hydrogens is 213 g/mol. The van der Waals surface area contributed by atoms with Crippen LogP contribution in [0.1, 0.15) is 19.4 Å². The molecule has 0 atom stereocenters. The lowest BCUT2D eigenvalue weighted by Gasteiger charge is -2.08. The normalized spacial score (nSPS) is 11.1. The van der Waals surface area contributed by atoms with Crippen molar-refractivity contribution in [3.8, 4) is 5.75 Å². The van der Waals surface area contributed by atoms with Crippen LogP contribution in [0.5, 0.6) is 5.75 Å². The molecule has 4 nitrogen and oxygen atoms in total. The molecule has 0 unspecified atom stereocenters. The van der Waals surface area contributed by atoms with Crippen molar-refractivity contribution < 1.29 is 18.8 Å². The van der Waals surface area contributed by atoms with Crippen molar-refractivity contribution in [2.45, 2.75) is 13.8 Å². The fraction of sp³-hybridized carbons (Fsp3) is 0.273. The molecule has 0 heterocycles. The van der Waals surface area contributed by atoms with Crippen molar-refractivity contribution in [3.63, 3.8) is 0 Å². The van der Waals surface area contributed by atoms with E-state index in [2.05, 4.69) is 9.99 Å². The Morgan fingerprint density at radius 1 is 1.38 bits per heavy atom. The second-order valence-corrected chi connectivity index (χ2v) is 3.09. The van der Waals surface area contributed by atoms with E-state index < -0.39 is 11.8 Å². The average Bonchev–Trinajstić information content (AvgIpc) is 2.16. The third-order valence-electron chi connectivity index (χ3n) is 1.82. The van der Waals surface area contributed by atoms with Crippen LogP contribution in [0.25, 0.3) is 0 Å². The molecule has 0 radical (unpaired) electrons. The van der Waals surface area contributed by atoms with Gasteiger partial charge in [-0.15, -0.1) is 0 Å². The summed E-state index contributed by atoms with van der Waals surface area (Å²) in [6.07, 6.45) is 0. The zero-order valence-electron chi connectivity index (χ0n) is 9.28. The molecule has 0 fully saturated rings. The number of halogens is 1. The van der Waals surface area contributed by atoms with E-state index >= 15 is 0 Å². The fourth-order valence-corrected chi connectivity index (χ4v) is 1.22. The number of ether oxygens (including phenoxy) is 1. The number of carbonyl (C=O) groups is 1. The van der Waals surface area contributed by atoms with Crippen LogP contribution in [-0.4, -0.2) is 18.8 Å². The van der Waals surface area contributed by atoms with Crippen LogP contribution in [-0.2, 0) is 9.63 Å². The Balaban J connectivity index is 3.16. The predicted octanol–water partition coefficient (Wildman–Crippen LogP) is 2.12. The smallest absolute Gasteiger partial charge is 0.308 e. The van der Waals surface area contributed by atoms with Gasteiger partial charge in [0, 0.05) is 18.6 Å². The standard InChI is InChI=1S/C11H12FNO3/c1-7(13-15-3)10-5-4-9(12)6-11(10)16-8(2)14/h4-6H,1-3H3/b13-7+. The van der Waals surface area contributed by atoms with Crippen molar-refractivity contribution in [1.82, 2.24) is 0 Å². The van der Waals surface area contributed by atoms with E-state index in [4.69, 9.17) is 4.74 Å². The lowest BCUT2D eigenvalue weighted by Crippen LogP contribution is -2.07. The molecule has 0 saturated heterocycles. The van der Waals surface area contributed by atoms with Crippen molar-refractivity contribution in [1.29, 1.82) is 0 Å². The van der Waals surface area contributed by atoms with Gasteiger partial charge in [0.15, 0.2) is 0 Å². The molecule has 1 aromatic carbocycles. The highest BCUT2D eigenvalue weighted by Gasteiger charge is 2.10. The van der Waals surface area contributed by atoms with Crippen LogP contribution >= 0.6 is 0 Å². The van der Waals surface area contributed by atoms with E-state index in [9.17, 15) is 9.18 Å². The maximum absolute atomic E-state index is 13.0.